The minimum atomic E-state index is -3.50. The summed E-state index contributed by atoms with van der Waals surface area (Å²) >= 11 is 0. The van der Waals surface area contributed by atoms with Crippen LogP contribution in [0.25, 0.3) is 0 Å². The lowest BCUT2D eigenvalue weighted by Crippen LogP contribution is -2.53. The monoisotopic (exact) mass is 424 g/mol. The van der Waals surface area contributed by atoms with Gasteiger partial charge in [0.05, 0.1) is 18.0 Å². The molecule has 0 fully saturated rings. The molecule has 8 heteroatoms. The summed E-state index contributed by atoms with van der Waals surface area (Å²) < 4.78 is 30.5. The van der Waals surface area contributed by atoms with Crippen LogP contribution in [0.4, 0.5) is 5.69 Å². The SMILES string of the molecule is CCCCCS(=O)(=O)CC(=O)N1CC(C(=O)NC(CC)CC)Oc2ccccc21. The van der Waals surface area contributed by atoms with Crippen molar-refractivity contribution in [3.63, 3.8) is 0 Å². The van der Waals surface area contributed by atoms with E-state index >= 15 is 0 Å². The van der Waals surface area contributed by atoms with Gasteiger partial charge in [-0.25, -0.2) is 8.42 Å². The highest BCUT2D eigenvalue weighted by atomic mass is 32.2. The fourth-order valence-corrected chi connectivity index (χ4v) is 4.62. The molecular formula is C21H32N2O5S. The zero-order valence-corrected chi connectivity index (χ0v) is 18.3. The van der Waals surface area contributed by atoms with Crippen LogP contribution in [0.15, 0.2) is 24.3 Å². The van der Waals surface area contributed by atoms with Gasteiger partial charge in [-0.15, -0.1) is 0 Å². The predicted octanol–water partition coefficient (Wildman–Crippen LogP) is 2.69. The van der Waals surface area contributed by atoms with E-state index in [-0.39, 0.29) is 24.2 Å². The molecule has 1 aromatic carbocycles. The molecule has 7 nitrogen and oxygen atoms in total. The number of amides is 2. The molecule has 1 aliphatic heterocycles. The molecule has 0 saturated carbocycles. The van der Waals surface area contributed by atoms with Crippen LogP contribution < -0.4 is 15.0 Å². The molecule has 0 saturated heterocycles. The highest BCUT2D eigenvalue weighted by Crippen LogP contribution is 2.33. The van der Waals surface area contributed by atoms with Gasteiger partial charge in [-0.05, 0) is 31.4 Å². The quantitative estimate of drug-likeness (QED) is 0.583. The molecule has 2 amide bonds. The number of benzene rings is 1. The Hall–Kier alpha value is -2.09. The zero-order valence-electron chi connectivity index (χ0n) is 17.5. The summed E-state index contributed by atoms with van der Waals surface area (Å²) in [4.78, 5) is 26.9. The number of hydrogen-bond acceptors (Lipinski definition) is 5. The average molecular weight is 425 g/mol. The molecule has 0 radical (unpaired) electrons. The van der Waals surface area contributed by atoms with Gasteiger partial charge < -0.3 is 15.0 Å². The fourth-order valence-electron chi connectivity index (χ4n) is 3.30. The largest absolute Gasteiger partial charge is 0.477 e. The molecule has 1 heterocycles. The second-order valence-electron chi connectivity index (χ2n) is 7.40. The molecular weight excluding hydrogens is 392 g/mol. The molecule has 162 valence electrons. The first kappa shape index (κ1) is 23.2. The third-order valence-corrected chi connectivity index (χ3v) is 6.70. The molecule has 1 atom stereocenters. The van der Waals surface area contributed by atoms with Gasteiger partial charge in [0.25, 0.3) is 5.91 Å². The fraction of sp³-hybridized carbons (Fsp3) is 0.619. The minimum absolute atomic E-state index is 0.00282. The predicted molar refractivity (Wildman–Crippen MR) is 114 cm³/mol. The van der Waals surface area contributed by atoms with Crippen molar-refractivity contribution >= 4 is 27.3 Å². The normalized spacial score (nSPS) is 16.3. The average Bonchev–Trinajstić information content (AvgIpc) is 2.70. The molecule has 1 aliphatic rings. The Labute approximate surface area is 173 Å². The number of carbonyl (C=O) groups is 2. The molecule has 0 bridgehead atoms. The molecule has 2 rings (SSSR count). The van der Waals surface area contributed by atoms with E-state index in [4.69, 9.17) is 4.74 Å². The number of rotatable bonds is 10. The van der Waals surface area contributed by atoms with Crippen molar-refractivity contribution in [2.45, 2.75) is 65.0 Å². The molecule has 1 N–H and O–H groups in total. The first-order valence-corrected chi connectivity index (χ1v) is 12.2. The smallest absolute Gasteiger partial charge is 0.263 e. The van der Waals surface area contributed by atoms with Crippen molar-refractivity contribution in [1.82, 2.24) is 5.32 Å². The maximum absolute atomic E-state index is 12.9. The first-order valence-electron chi connectivity index (χ1n) is 10.4. The number of fused-ring (bicyclic) bond motifs is 1. The summed E-state index contributed by atoms with van der Waals surface area (Å²) in [5.74, 6) is -0.988. The second-order valence-corrected chi connectivity index (χ2v) is 9.58. The number of anilines is 1. The van der Waals surface area contributed by atoms with E-state index in [1.54, 1.807) is 24.3 Å². The lowest BCUT2D eigenvalue weighted by Gasteiger charge is -2.34. The van der Waals surface area contributed by atoms with Crippen LogP contribution in [0.2, 0.25) is 0 Å². The number of nitrogens with one attached hydrogen (secondary N) is 1. The van der Waals surface area contributed by atoms with Gasteiger partial charge in [0.2, 0.25) is 5.91 Å². The van der Waals surface area contributed by atoms with Crippen molar-refractivity contribution in [3.8, 4) is 5.75 Å². The minimum Gasteiger partial charge on any atom is -0.477 e. The maximum atomic E-state index is 12.9. The van der Waals surface area contributed by atoms with Gasteiger partial charge in [0.15, 0.2) is 15.9 Å². The van der Waals surface area contributed by atoms with E-state index in [0.717, 1.165) is 25.7 Å². The van der Waals surface area contributed by atoms with Crippen LogP contribution in [0.1, 0.15) is 52.9 Å². The molecule has 0 aliphatic carbocycles. The van der Waals surface area contributed by atoms with Crippen molar-refractivity contribution in [2.24, 2.45) is 0 Å². The van der Waals surface area contributed by atoms with Gasteiger partial charge in [-0.2, -0.15) is 0 Å². The summed E-state index contributed by atoms with van der Waals surface area (Å²) in [5, 5.41) is 2.94. The van der Waals surface area contributed by atoms with Crippen LogP contribution in [0.5, 0.6) is 5.75 Å². The Bertz CT molecular complexity index is 805. The van der Waals surface area contributed by atoms with E-state index in [1.165, 1.54) is 4.90 Å². The van der Waals surface area contributed by atoms with E-state index < -0.39 is 27.6 Å². The first-order chi connectivity index (χ1) is 13.8. The molecule has 0 spiro atoms. The van der Waals surface area contributed by atoms with E-state index in [9.17, 15) is 18.0 Å². The number of carbonyl (C=O) groups excluding carboxylic acids is 2. The van der Waals surface area contributed by atoms with Gasteiger partial charge in [0, 0.05) is 6.04 Å². The lowest BCUT2D eigenvalue weighted by molar-refractivity contribution is -0.129. The maximum Gasteiger partial charge on any atom is 0.263 e. The third kappa shape index (κ3) is 6.45. The van der Waals surface area contributed by atoms with E-state index in [2.05, 4.69) is 5.32 Å². The topological polar surface area (TPSA) is 92.8 Å². The number of sulfone groups is 1. The lowest BCUT2D eigenvalue weighted by atomic mass is 10.1. The Morgan fingerprint density at radius 3 is 2.52 bits per heavy atom. The number of ether oxygens (including phenoxy) is 1. The van der Waals surface area contributed by atoms with Gasteiger partial charge in [-0.3, -0.25) is 9.59 Å². The Kier molecular flexibility index (Phi) is 8.49. The number of hydrogen-bond donors (Lipinski definition) is 1. The van der Waals surface area contributed by atoms with Crippen LogP contribution in [-0.4, -0.2) is 50.4 Å². The van der Waals surface area contributed by atoms with Crippen LogP contribution >= 0.6 is 0 Å². The number of nitrogens with zero attached hydrogens (tertiary/aromatic N) is 1. The number of unbranched alkanes of at least 4 members (excludes halogenated alkanes) is 2. The van der Waals surface area contributed by atoms with Crippen LogP contribution in [0, 0.1) is 0 Å². The summed E-state index contributed by atoms with van der Waals surface area (Å²) in [6.07, 6.45) is 2.98. The highest BCUT2D eigenvalue weighted by Gasteiger charge is 2.35. The van der Waals surface area contributed by atoms with Crippen molar-refractivity contribution in [2.75, 3.05) is 23.0 Å². The Morgan fingerprint density at radius 1 is 1.17 bits per heavy atom. The second kappa shape index (κ2) is 10.6. The third-order valence-electron chi connectivity index (χ3n) is 5.10. The molecule has 29 heavy (non-hydrogen) atoms. The summed E-state index contributed by atoms with van der Waals surface area (Å²) in [6, 6.07) is 6.92. The van der Waals surface area contributed by atoms with Crippen molar-refractivity contribution in [3.05, 3.63) is 24.3 Å². The molecule has 0 aromatic heterocycles. The Balaban J connectivity index is 2.17. The summed E-state index contributed by atoms with van der Waals surface area (Å²) in [6.45, 7) is 5.97. The molecule has 1 aromatic rings. The van der Waals surface area contributed by atoms with E-state index in [0.29, 0.717) is 17.9 Å². The molecule has 1 unspecified atom stereocenters. The number of para-hydroxylation sites is 2. The highest BCUT2D eigenvalue weighted by molar-refractivity contribution is 7.92. The van der Waals surface area contributed by atoms with Gasteiger partial charge in [0.1, 0.15) is 11.5 Å². The van der Waals surface area contributed by atoms with Gasteiger partial charge in [-0.1, -0.05) is 45.7 Å². The van der Waals surface area contributed by atoms with Crippen LogP contribution in [-0.2, 0) is 19.4 Å². The summed E-state index contributed by atoms with van der Waals surface area (Å²) in [5.41, 5.74) is 0.493. The Morgan fingerprint density at radius 2 is 1.86 bits per heavy atom. The summed E-state index contributed by atoms with van der Waals surface area (Å²) in [7, 11) is -3.50. The van der Waals surface area contributed by atoms with Crippen LogP contribution in [0.3, 0.4) is 0 Å². The standard InChI is InChI=1S/C21H32N2O5S/c1-4-7-10-13-29(26,27)15-20(24)23-14-19(21(25)22-16(5-2)6-3)28-18-12-9-8-11-17(18)23/h8-9,11-12,16,19H,4-7,10,13-15H2,1-3H3,(H,22,25). The van der Waals surface area contributed by atoms with E-state index in [1.807, 2.05) is 20.8 Å². The van der Waals surface area contributed by atoms with Crippen molar-refractivity contribution in [1.29, 1.82) is 0 Å². The zero-order chi connectivity index (χ0) is 21.4. The van der Waals surface area contributed by atoms with Crippen molar-refractivity contribution < 1.29 is 22.7 Å². The van der Waals surface area contributed by atoms with Gasteiger partial charge >= 0.3 is 0 Å².